The molecule has 1 atom stereocenters. The Balaban J connectivity index is 2.58. The van der Waals surface area contributed by atoms with Crippen LogP contribution in [-0.2, 0) is 9.53 Å². The molecule has 1 rings (SSSR count). The molecule has 0 fully saturated rings. The highest BCUT2D eigenvalue weighted by Gasteiger charge is 2.28. The Kier molecular flexibility index (Phi) is 3.93. The highest BCUT2D eigenvalue weighted by molar-refractivity contribution is 5.70. The van der Waals surface area contributed by atoms with Gasteiger partial charge in [0, 0.05) is 12.8 Å². The first kappa shape index (κ1) is 11.0. The number of hydrogen-bond donors (Lipinski definition) is 0. The second-order valence-electron chi connectivity index (χ2n) is 3.63. The van der Waals surface area contributed by atoms with Crippen molar-refractivity contribution >= 4 is 5.97 Å². The molecule has 0 spiro atoms. The lowest BCUT2D eigenvalue weighted by Gasteiger charge is -2.29. The van der Waals surface area contributed by atoms with Crippen molar-refractivity contribution in [2.75, 3.05) is 0 Å². The summed E-state index contributed by atoms with van der Waals surface area (Å²) in [4.78, 5) is 11.4. The SMILES string of the molecule is CCCC(=O)OC1(CC)C=CC=CC1. The molecule has 0 radical (unpaired) electrons. The zero-order chi connectivity index (χ0) is 10.4. The lowest BCUT2D eigenvalue weighted by Crippen LogP contribution is -2.32. The van der Waals surface area contributed by atoms with Gasteiger partial charge in [-0.3, -0.25) is 4.79 Å². The molecule has 0 heterocycles. The number of hydrogen-bond acceptors (Lipinski definition) is 2. The van der Waals surface area contributed by atoms with Crippen LogP contribution in [-0.4, -0.2) is 11.6 Å². The summed E-state index contributed by atoms with van der Waals surface area (Å²) in [5.74, 6) is -0.0886. The third-order valence-electron chi connectivity index (χ3n) is 2.48. The van der Waals surface area contributed by atoms with E-state index in [-0.39, 0.29) is 11.6 Å². The third-order valence-corrected chi connectivity index (χ3v) is 2.48. The standard InChI is InChI=1S/C12H18O2/c1-3-8-11(13)14-12(4-2)9-6-5-7-10-12/h5-7,9H,3-4,8,10H2,1-2H3. The molecule has 0 aromatic rings. The van der Waals surface area contributed by atoms with Crippen LogP contribution in [0.25, 0.3) is 0 Å². The van der Waals surface area contributed by atoms with E-state index in [1.54, 1.807) is 0 Å². The quantitative estimate of drug-likeness (QED) is 0.643. The Morgan fingerprint density at radius 1 is 1.43 bits per heavy atom. The van der Waals surface area contributed by atoms with Gasteiger partial charge in [-0.15, -0.1) is 0 Å². The van der Waals surface area contributed by atoms with E-state index in [1.807, 2.05) is 38.2 Å². The van der Waals surface area contributed by atoms with E-state index in [0.717, 1.165) is 19.3 Å². The summed E-state index contributed by atoms with van der Waals surface area (Å²) in [5.41, 5.74) is -0.374. The maximum Gasteiger partial charge on any atom is 0.306 e. The van der Waals surface area contributed by atoms with Crippen LogP contribution < -0.4 is 0 Å². The number of carbonyl (C=O) groups is 1. The van der Waals surface area contributed by atoms with E-state index >= 15 is 0 Å². The Labute approximate surface area is 85.6 Å². The highest BCUT2D eigenvalue weighted by atomic mass is 16.6. The summed E-state index contributed by atoms with van der Waals surface area (Å²) in [7, 11) is 0. The van der Waals surface area contributed by atoms with Gasteiger partial charge in [-0.2, -0.15) is 0 Å². The molecule has 0 aromatic carbocycles. The normalized spacial score (nSPS) is 25.0. The minimum atomic E-state index is -0.374. The van der Waals surface area contributed by atoms with Crippen LogP contribution in [0.4, 0.5) is 0 Å². The van der Waals surface area contributed by atoms with Crippen molar-refractivity contribution in [1.29, 1.82) is 0 Å². The number of esters is 1. The zero-order valence-electron chi connectivity index (χ0n) is 8.95. The number of carbonyl (C=O) groups excluding carboxylic acids is 1. The second-order valence-corrected chi connectivity index (χ2v) is 3.63. The smallest absolute Gasteiger partial charge is 0.306 e. The molecular formula is C12H18O2. The molecule has 78 valence electrons. The molecule has 1 unspecified atom stereocenters. The van der Waals surface area contributed by atoms with Crippen molar-refractivity contribution in [1.82, 2.24) is 0 Å². The summed E-state index contributed by atoms with van der Waals surface area (Å²) >= 11 is 0. The highest BCUT2D eigenvalue weighted by Crippen LogP contribution is 2.26. The Morgan fingerprint density at radius 3 is 2.71 bits per heavy atom. The fourth-order valence-corrected chi connectivity index (χ4v) is 1.54. The van der Waals surface area contributed by atoms with Crippen LogP contribution in [0.3, 0.4) is 0 Å². The minimum absolute atomic E-state index is 0.0886. The molecule has 0 amide bonds. The summed E-state index contributed by atoms with van der Waals surface area (Å²) in [6.45, 7) is 4.03. The van der Waals surface area contributed by atoms with Crippen molar-refractivity contribution < 1.29 is 9.53 Å². The average molecular weight is 194 g/mol. The van der Waals surface area contributed by atoms with Gasteiger partial charge in [0.1, 0.15) is 5.60 Å². The first-order valence-electron chi connectivity index (χ1n) is 5.28. The average Bonchev–Trinajstić information content (AvgIpc) is 2.19. The lowest BCUT2D eigenvalue weighted by atomic mass is 9.92. The molecule has 0 N–H and O–H groups in total. The topological polar surface area (TPSA) is 26.3 Å². The van der Waals surface area contributed by atoms with E-state index < -0.39 is 0 Å². The molecule has 0 aromatic heterocycles. The van der Waals surface area contributed by atoms with Gasteiger partial charge in [-0.25, -0.2) is 0 Å². The fraction of sp³-hybridized carbons (Fsp3) is 0.583. The number of allylic oxidation sites excluding steroid dienone is 2. The number of rotatable bonds is 4. The summed E-state index contributed by atoms with van der Waals surface area (Å²) in [5, 5.41) is 0. The molecule has 0 saturated carbocycles. The van der Waals surface area contributed by atoms with Crippen molar-refractivity contribution in [3.8, 4) is 0 Å². The van der Waals surface area contributed by atoms with Gasteiger partial charge in [-0.05, 0) is 18.9 Å². The monoisotopic (exact) mass is 194 g/mol. The van der Waals surface area contributed by atoms with Crippen molar-refractivity contribution in [3.63, 3.8) is 0 Å². The van der Waals surface area contributed by atoms with E-state index in [4.69, 9.17) is 4.74 Å². The second kappa shape index (κ2) is 4.99. The predicted molar refractivity (Wildman–Crippen MR) is 56.9 cm³/mol. The van der Waals surface area contributed by atoms with Crippen molar-refractivity contribution in [2.24, 2.45) is 0 Å². The summed E-state index contributed by atoms with van der Waals surface area (Å²) in [6, 6.07) is 0. The Morgan fingerprint density at radius 2 is 2.21 bits per heavy atom. The van der Waals surface area contributed by atoms with Crippen LogP contribution in [0.2, 0.25) is 0 Å². The fourth-order valence-electron chi connectivity index (χ4n) is 1.54. The van der Waals surface area contributed by atoms with Gasteiger partial charge in [0.25, 0.3) is 0 Å². The zero-order valence-corrected chi connectivity index (χ0v) is 8.95. The molecule has 1 aliphatic carbocycles. The first-order chi connectivity index (χ1) is 6.72. The van der Waals surface area contributed by atoms with Gasteiger partial charge < -0.3 is 4.74 Å². The van der Waals surface area contributed by atoms with Gasteiger partial charge in [0.15, 0.2) is 0 Å². The van der Waals surface area contributed by atoms with Crippen LogP contribution in [0.15, 0.2) is 24.3 Å². The van der Waals surface area contributed by atoms with E-state index in [2.05, 4.69) is 0 Å². The molecule has 0 saturated heterocycles. The summed E-state index contributed by atoms with van der Waals surface area (Å²) in [6.07, 6.45) is 11.0. The molecule has 14 heavy (non-hydrogen) atoms. The largest absolute Gasteiger partial charge is 0.454 e. The minimum Gasteiger partial charge on any atom is -0.454 e. The van der Waals surface area contributed by atoms with Crippen LogP contribution >= 0.6 is 0 Å². The van der Waals surface area contributed by atoms with Gasteiger partial charge in [0.05, 0.1) is 0 Å². The number of ether oxygens (including phenoxy) is 1. The Bertz CT molecular complexity index is 253. The molecular weight excluding hydrogens is 176 g/mol. The maximum atomic E-state index is 11.4. The van der Waals surface area contributed by atoms with Crippen LogP contribution in [0, 0.1) is 0 Å². The van der Waals surface area contributed by atoms with E-state index in [0.29, 0.717) is 6.42 Å². The molecule has 2 nitrogen and oxygen atoms in total. The van der Waals surface area contributed by atoms with Crippen molar-refractivity contribution in [2.45, 2.75) is 45.1 Å². The Hall–Kier alpha value is -1.05. The van der Waals surface area contributed by atoms with Crippen molar-refractivity contribution in [3.05, 3.63) is 24.3 Å². The van der Waals surface area contributed by atoms with E-state index in [9.17, 15) is 4.79 Å². The summed E-state index contributed by atoms with van der Waals surface area (Å²) < 4.78 is 5.49. The van der Waals surface area contributed by atoms with Crippen LogP contribution in [0.1, 0.15) is 39.5 Å². The lowest BCUT2D eigenvalue weighted by molar-refractivity contribution is -0.155. The van der Waals surface area contributed by atoms with Crippen LogP contribution in [0.5, 0.6) is 0 Å². The third kappa shape index (κ3) is 2.72. The molecule has 2 heteroatoms. The van der Waals surface area contributed by atoms with Gasteiger partial charge >= 0.3 is 5.97 Å². The van der Waals surface area contributed by atoms with E-state index in [1.165, 1.54) is 0 Å². The van der Waals surface area contributed by atoms with Gasteiger partial charge in [0.2, 0.25) is 0 Å². The molecule has 0 bridgehead atoms. The predicted octanol–water partition coefficient (Wildman–Crippen LogP) is 2.99. The molecule has 1 aliphatic rings. The first-order valence-corrected chi connectivity index (χ1v) is 5.28. The maximum absolute atomic E-state index is 11.4. The van der Waals surface area contributed by atoms with Gasteiger partial charge in [-0.1, -0.05) is 32.1 Å². The molecule has 0 aliphatic heterocycles.